The largest absolute Gasteiger partial charge is 0.340 e. The zero-order valence-corrected chi connectivity index (χ0v) is 13.8. The number of halogens is 2. The van der Waals surface area contributed by atoms with Crippen LogP contribution >= 0.6 is 34.5 Å². The number of rotatable bonds is 6. The van der Waals surface area contributed by atoms with E-state index in [1.165, 1.54) is 4.88 Å². The van der Waals surface area contributed by atoms with Crippen molar-refractivity contribution in [3.8, 4) is 0 Å². The predicted molar refractivity (Wildman–Crippen MR) is 85.8 cm³/mol. The highest BCUT2D eigenvalue weighted by molar-refractivity contribution is 7.16. The zero-order valence-electron chi connectivity index (χ0n) is 11.5. The fraction of sp³-hybridized carbons (Fsp3) is 0.643. The molecule has 1 saturated heterocycles. The number of hydrogen-bond acceptors (Lipinski definition) is 3. The number of unbranched alkanes of at least 4 members (excludes halogenated alkanes) is 1. The van der Waals surface area contributed by atoms with Crippen molar-refractivity contribution in [1.82, 2.24) is 9.80 Å². The van der Waals surface area contributed by atoms with Crippen molar-refractivity contribution in [3.63, 3.8) is 0 Å². The van der Waals surface area contributed by atoms with E-state index in [1.54, 1.807) is 11.3 Å². The second-order valence-corrected chi connectivity index (χ2v) is 7.19. The van der Waals surface area contributed by atoms with Crippen LogP contribution in [0.2, 0.25) is 4.34 Å². The molecule has 0 unspecified atom stereocenters. The van der Waals surface area contributed by atoms with Crippen molar-refractivity contribution in [2.24, 2.45) is 0 Å². The predicted octanol–water partition coefficient (Wildman–Crippen LogP) is 3.45. The average Bonchev–Trinajstić information content (AvgIpc) is 2.85. The lowest BCUT2D eigenvalue weighted by molar-refractivity contribution is -0.133. The topological polar surface area (TPSA) is 23.6 Å². The number of thiophene rings is 1. The first kappa shape index (κ1) is 16.1. The van der Waals surface area contributed by atoms with Crippen LogP contribution in [0.1, 0.15) is 24.1 Å². The molecule has 1 aromatic heterocycles. The molecule has 20 heavy (non-hydrogen) atoms. The molecule has 0 bridgehead atoms. The van der Waals surface area contributed by atoms with Gasteiger partial charge < -0.3 is 4.90 Å². The van der Waals surface area contributed by atoms with Gasteiger partial charge in [0.2, 0.25) is 5.91 Å². The third-order valence-electron chi connectivity index (χ3n) is 3.51. The molecule has 6 heteroatoms. The van der Waals surface area contributed by atoms with Gasteiger partial charge in [-0.15, -0.1) is 22.9 Å². The molecule has 112 valence electrons. The summed E-state index contributed by atoms with van der Waals surface area (Å²) in [5.41, 5.74) is 0. The minimum Gasteiger partial charge on any atom is -0.340 e. The Kier molecular flexibility index (Phi) is 6.62. The van der Waals surface area contributed by atoms with Crippen LogP contribution in [0.3, 0.4) is 0 Å². The zero-order chi connectivity index (χ0) is 14.4. The van der Waals surface area contributed by atoms with E-state index in [2.05, 4.69) is 11.0 Å². The molecule has 0 N–H and O–H groups in total. The maximum absolute atomic E-state index is 12.0. The summed E-state index contributed by atoms with van der Waals surface area (Å²) < 4.78 is 0.841. The smallest absolute Gasteiger partial charge is 0.222 e. The maximum atomic E-state index is 12.0. The van der Waals surface area contributed by atoms with E-state index in [9.17, 15) is 4.79 Å². The SMILES string of the molecule is O=C(CCCCCl)N1CCN(Cc2ccc(Cl)s2)CC1. The summed E-state index contributed by atoms with van der Waals surface area (Å²) in [6.45, 7) is 4.48. The molecule has 1 aromatic rings. The molecule has 0 saturated carbocycles. The number of hydrogen-bond donors (Lipinski definition) is 0. The quantitative estimate of drug-likeness (QED) is 0.587. The van der Waals surface area contributed by atoms with Crippen LogP contribution in [0.25, 0.3) is 0 Å². The summed E-state index contributed by atoms with van der Waals surface area (Å²) >= 11 is 13.2. The minimum absolute atomic E-state index is 0.272. The molecular formula is C14H20Cl2N2OS. The number of piperazine rings is 1. The molecule has 0 radical (unpaired) electrons. The lowest BCUT2D eigenvalue weighted by atomic mass is 10.2. The van der Waals surface area contributed by atoms with E-state index in [1.807, 2.05) is 11.0 Å². The second-order valence-electron chi connectivity index (χ2n) is 5.01. The van der Waals surface area contributed by atoms with Gasteiger partial charge in [-0.05, 0) is 25.0 Å². The van der Waals surface area contributed by atoms with Gasteiger partial charge in [0.15, 0.2) is 0 Å². The van der Waals surface area contributed by atoms with Gasteiger partial charge in [0.1, 0.15) is 0 Å². The Morgan fingerprint density at radius 1 is 1.20 bits per heavy atom. The molecule has 1 fully saturated rings. The van der Waals surface area contributed by atoms with Crippen LogP contribution in [-0.4, -0.2) is 47.8 Å². The molecule has 3 nitrogen and oxygen atoms in total. The molecule has 1 aliphatic heterocycles. The van der Waals surface area contributed by atoms with Crippen molar-refractivity contribution in [1.29, 1.82) is 0 Å². The van der Waals surface area contributed by atoms with Crippen molar-refractivity contribution < 1.29 is 4.79 Å². The van der Waals surface area contributed by atoms with Crippen molar-refractivity contribution in [2.75, 3.05) is 32.1 Å². The molecule has 0 spiro atoms. The summed E-state index contributed by atoms with van der Waals surface area (Å²) in [4.78, 5) is 17.6. The van der Waals surface area contributed by atoms with Gasteiger partial charge >= 0.3 is 0 Å². The highest BCUT2D eigenvalue weighted by Gasteiger charge is 2.20. The molecule has 0 atom stereocenters. The van der Waals surface area contributed by atoms with Crippen LogP contribution in [0.5, 0.6) is 0 Å². The molecule has 0 aliphatic carbocycles. The summed E-state index contributed by atoms with van der Waals surface area (Å²) in [7, 11) is 0. The maximum Gasteiger partial charge on any atom is 0.222 e. The van der Waals surface area contributed by atoms with Crippen LogP contribution in [-0.2, 0) is 11.3 Å². The third-order valence-corrected chi connectivity index (χ3v) is 4.99. The number of amides is 1. The van der Waals surface area contributed by atoms with Crippen molar-refractivity contribution in [3.05, 3.63) is 21.3 Å². The van der Waals surface area contributed by atoms with E-state index in [0.717, 1.165) is 49.9 Å². The minimum atomic E-state index is 0.272. The van der Waals surface area contributed by atoms with Crippen LogP contribution < -0.4 is 0 Å². The van der Waals surface area contributed by atoms with Gasteiger partial charge in [0.05, 0.1) is 4.34 Å². The summed E-state index contributed by atoms with van der Waals surface area (Å²) in [6, 6.07) is 4.02. The first-order valence-corrected chi connectivity index (χ1v) is 8.72. The molecule has 2 rings (SSSR count). The fourth-order valence-corrected chi connectivity index (χ4v) is 3.66. The van der Waals surface area contributed by atoms with E-state index in [0.29, 0.717) is 12.3 Å². The number of carbonyl (C=O) groups excluding carboxylic acids is 1. The van der Waals surface area contributed by atoms with Crippen LogP contribution in [0.4, 0.5) is 0 Å². The Morgan fingerprint density at radius 3 is 2.55 bits per heavy atom. The molecule has 0 aromatic carbocycles. The molecule has 1 amide bonds. The van der Waals surface area contributed by atoms with Gasteiger partial charge in [-0.25, -0.2) is 0 Å². The van der Waals surface area contributed by atoms with Gasteiger partial charge in [-0.3, -0.25) is 9.69 Å². The van der Waals surface area contributed by atoms with Crippen LogP contribution in [0.15, 0.2) is 12.1 Å². The van der Waals surface area contributed by atoms with Crippen molar-refractivity contribution >= 4 is 40.4 Å². The highest BCUT2D eigenvalue weighted by atomic mass is 35.5. The summed E-state index contributed by atoms with van der Waals surface area (Å²) in [5.74, 6) is 0.915. The summed E-state index contributed by atoms with van der Waals surface area (Å²) in [5, 5.41) is 0. The number of alkyl halides is 1. The Balaban J connectivity index is 1.70. The lowest BCUT2D eigenvalue weighted by Gasteiger charge is -2.34. The molecule has 1 aliphatic rings. The Labute approximate surface area is 134 Å². The van der Waals surface area contributed by atoms with Gasteiger partial charge in [0.25, 0.3) is 0 Å². The molecule has 2 heterocycles. The lowest BCUT2D eigenvalue weighted by Crippen LogP contribution is -2.48. The van der Waals surface area contributed by atoms with E-state index < -0.39 is 0 Å². The van der Waals surface area contributed by atoms with Gasteiger partial charge in [0, 0.05) is 49.9 Å². The Morgan fingerprint density at radius 2 is 1.95 bits per heavy atom. The van der Waals surface area contributed by atoms with Gasteiger partial charge in [-0.1, -0.05) is 11.6 Å². The van der Waals surface area contributed by atoms with Gasteiger partial charge in [-0.2, -0.15) is 0 Å². The standard InChI is InChI=1S/C14H20Cl2N2OS/c15-6-2-1-3-14(19)18-9-7-17(8-10-18)11-12-4-5-13(16)20-12/h4-5H,1-3,6-11H2. The average molecular weight is 335 g/mol. The van der Waals surface area contributed by atoms with E-state index >= 15 is 0 Å². The van der Waals surface area contributed by atoms with Crippen LogP contribution in [0, 0.1) is 0 Å². The molecular weight excluding hydrogens is 315 g/mol. The van der Waals surface area contributed by atoms with Crippen molar-refractivity contribution in [2.45, 2.75) is 25.8 Å². The summed E-state index contributed by atoms with van der Waals surface area (Å²) in [6.07, 6.45) is 2.45. The first-order valence-electron chi connectivity index (χ1n) is 6.99. The first-order chi connectivity index (χ1) is 9.69. The number of carbonyl (C=O) groups is 1. The highest BCUT2D eigenvalue weighted by Crippen LogP contribution is 2.23. The second kappa shape index (κ2) is 8.23. The number of nitrogens with zero attached hydrogens (tertiary/aromatic N) is 2. The van der Waals surface area contributed by atoms with E-state index in [4.69, 9.17) is 23.2 Å². The van der Waals surface area contributed by atoms with E-state index in [-0.39, 0.29) is 5.91 Å². The Bertz CT molecular complexity index is 431. The Hall–Kier alpha value is -0.290. The fourth-order valence-electron chi connectivity index (χ4n) is 2.34. The third kappa shape index (κ3) is 4.92. The normalized spacial score (nSPS) is 16.6. The monoisotopic (exact) mass is 334 g/mol.